The molecule has 0 aliphatic carbocycles. The highest BCUT2D eigenvalue weighted by atomic mass is 79.9. The Bertz CT molecular complexity index is 405. The smallest absolute Gasteiger partial charge is 0.315 e. The summed E-state index contributed by atoms with van der Waals surface area (Å²) in [4.78, 5) is 25.2. The average Bonchev–Trinajstić information content (AvgIpc) is 2.71. The Balaban J connectivity index is 2.36. The number of ether oxygens (including phenoxy) is 1. The van der Waals surface area contributed by atoms with E-state index in [1.165, 1.54) is 12.0 Å². The van der Waals surface area contributed by atoms with Crippen LogP contribution in [-0.2, 0) is 20.7 Å². The van der Waals surface area contributed by atoms with Gasteiger partial charge in [0.15, 0.2) is 0 Å². The van der Waals surface area contributed by atoms with Gasteiger partial charge in [0.2, 0.25) is 5.91 Å². The standard InChI is InChI=1S/C11H14BrNO3S/c1-13(10(14)6-11(15)16-2)4-3-9-5-8(12)7-17-9/h5,7H,3-4,6H2,1-2H3. The maximum absolute atomic E-state index is 11.6. The van der Waals surface area contributed by atoms with E-state index in [2.05, 4.69) is 20.7 Å². The molecule has 0 aliphatic rings. The van der Waals surface area contributed by atoms with Gasteiger partial charge in [-0.25, -0.2) is 0 Å². The first-order chi connectivity index (χ1) is 8.02. The van der Waals surface area contributed by atoms with E-state index >= 15 is 0 Å². The topological polar surface area (TPSA) is 46.6 Å². The minimum atomic E-state index is -0.499. The first-order valence-corrected chi connectivity index (χ1v) is 6.74. The van der Waals surface area contributed by atoms with Crippen LogP contribution in [0.5, 0.6) is 0 Å². The van der Waals surface area contributed by atoms with Crippen LogP contribution in [0.1, 0.15) is 11.3 Å². The highest BCUT2D eigenvalue weighted by molar-refractivity contribution is 9.10. The zero-order valence-electron chi connectivity index (χ0n) is 9.73. The van der Waals surface area contributed by atoms with Gasteiger partial charge in [-0.3, -0.25) is 9.59 Å². The number of methoxy groups -OCH3 is 1. The summed E-state index contributed by atoms with van der Waals surface area (Å²) in [5.41, 5.74) is 0. The van der Waals surface area contributed by atoms with Gasteiger partial charge in [-0.15, -0.1) is 11.3 Å². The number of hydrogen-bond donors (Lipinski definition) is 0. The van der Waals surface area contributed by atoms with Gasteiger partial charge in [0, 0.05) is 28.3 Å². The van der Waals surface area contributed by atoms with Crippen molar-refractivity contribution in [2.45, 2.75) is 12.8 Å². The van der Waals surface area contributed by atoms with Crippen molar-refractivity contribution in [3.63, 3.8) is 0 Å². The predicted molar refractivity (Wildman–Crippen MR) is 70.0 cm³/mol. The maximum Gasteiger partial charge on any atom is 0.315 e. The molecule has 17 heavy (non-hydrogen) atoms. The quantitative estimate of drug-likeness (QED) is 0.616. The lowest BCUT2D eigenvalue weighted by Gasteiger charge is -2.15. The molecule has 1 amide bonds. The Labute approximate surface area is 113 Å². The van der Waals surface area contributed by atoms with E-state index in [-0.39, 0.29) is 12.3 Å². The van der Waals surface area contributed by atoms with Gasteiger partial charge >= 0.3 is 5.97 Å². The molecule has 0 N–H and O–H groups in total. The monoisotopic (exact) mass is 319 g/mol. The van der Waals surface area contributed by atoms with Crippen molar-refractivity contribution in [3.8, 4) is 0 Å². The van der Waals surface area contributed by atoms with E-state index in [9.17, 15) is 9.59 Å². The third kappa shape index (κ3) is 4.87. The maximum atomic E-state index is 11.6. The molecule has 0 spiro atoms. The van der Waals surface area contributed by atoms with Crippen LogP contribution in [0.25, 0.3) is 0 Å². The van der Waals surface area contributed by atoms with Gasteiger partial charge in [-0.1, -0.05) is 0 Å². The molecule has 0 unspecified atom stereocenters. The van der Waals surface area contributed by atoms with Crippen molar-refractivity contribution < 1.29 is 14.3 Å². The normalized spacial score (nSPS) is 10.1. The van der Waals surface area contributed by atoms with Crippen molar-refractivity contribution in [1.82, 2.24) is 4.90 Å². The summed E-state index contributed by atoms with van der Waals surface area (Å²) >= 11 is 5.02. The average molecular weight is 320 g/mol. The summed E-state index contributed by atoms with van der Waals surface area (Å²) in [5, 5.41) is 2.01. The highest BCUT2D eigenvalue weighted by Crippen LogP contribution is 2.20. The molecule has 0 saturated carbocycles. The van der Waals surface area contributed by atoms with Gasteiger partial charge in [-0.2, -0.15) is 0 Å². The predicted octanol–water partition coefficient (Wildman–Crippen LogP) is 2.07. The summed E-state index contributed by atoms with van der Waals surface area (Å²) in [6, 6.07) is 2.03. The van der Waals surface area contributed by atoms with Crippen LogP contribution in [0.15, 0.2) is 15.9 Å². The lowest BCUT2D eigenvalue weighted by atomic mass is 10.3. The SMILES string of the molecule is COC(=O)CC(=O)N(C)CCc1cc(Br)cs1. The van der Waals surface area contributed by atoms with Crippen molar-refractivity contribution in [1.29, 1.82) is 0 Å². The molecule has 1 aromatic rings. The van der Waals surface area contributed by atoms with E-state index in [0.29, 0.717) is 6.54 Å². The Morgan fingerprint density at radius 2 is 2.24 bits per heavy atom. The lowest BCUT2D eigenvalue weighted by molar-refractivity contribution is -0.146. The first kappa shape index (κ1) is 14.2. The van der Waals surface area contributed by atoms with E-state index in [4.69, 9.17) is 0 Å². The second kappa shape index (κ2) is 6.76. The fourth-order valence-corrected chi connectivity index (χ4v) is 2.66. The Morgan fingerprint density at radius 3 is 2.76 bits per heavy atom. The Hall–Kier alpha value is -0.880. The summed E-state index contributed by atoms with van der Waals surface area (Å²) in [5.74, 6) is -0.715. The van der Waals surface area contributed by atoms with Crippen LogP contribution in [0, 0.1) is 0 Å². The number of carbonyl (C=O) groups is 2. The van der Waals surface area contributed by atoms with Crippen molar-refractivity contribution in [2.75, 3.05) is 20.7 Å². The van der Waals surface area contributed by atoms with Crippen molar-refractivity contribution in [3.05, 3.63) is 20.8 Å². The zero-order chi connectivity index (χ0) is 12.8. The highest BCUT2D eigenvalue weighted by Gasteiger charge is 2.14. The number of esters is 1. The molecular formula is C11H14BrNO3S. The summed E-state index contributed by atoms with van der Waals surface area (Å²) in [7, 11) is 2.96. The minimum absolute atomic E-state index is 0.193. The van der Waals surface area contributed by atoms with Gasteiger partial charge in [0.1, 0.15) is 6.42 Å². The minimum Gasteiger partial charge on any atom is -0.469 e. The van der Waals surface area contributed by atoms with Crippen LogP contribution in [0.2, 0.25) is 0 Å². The molecule has 0 bridgehead atoms. The molecule has 0 fully saturated rings. The molecule has 1 aromatic heterocycles. The largest absolute Gasteiger partial charge is 0.469 e. The number of carbonyl (C=O) groups excluding carboxylic acids is 2. The number of likely N-dealkylation sites (N-methyl/N-ethyl adjacent to an activating group) is 1. The number of nitrogens with zero attached hydrogens (tertiary/aromatic N) is 1. The number of amides is 1. The lowest BCUT2D eigenvalue weighted by Crippen LogP contribution is -2.30. The molecule has 4 nitrogen and oxygen atoms in total. The van der Waals surface area contributed by atoms with E-state index < -0.39 is 5.97 Å². The van der Waals surface area contributed by atoms with E-state index in [1.807, 2.05) is 11.4 Å². The summed E-state index contributed by atoms with van der Waals surface area (Å²) < 4.78 is 5.50. The number of hydrogen-bond acceptors (Lipinski definition) is 4. The van der Waals surface area contributed by atoms with Crippen LogP contribution in [-0.4, -0.2) is 37.5 Å². The third-order valence-electron chi connectivity index (χ3n) is 2.26. The second-order valence-electron chi connectivity index (χ2n) is 3.55. The van der Waals surface area contributed by atoms with E-state index in [0.717, 1.165) is 10.9 Å². The third-order valence-corrected chi connectivity index (χ3v) is 4.02. The van der Waals surface area contributed by atoms with Crippen molar-refractivity contribution in [2.24, 2.45) is 0 Å². The molecule has 1 rings (SSSR count). The fourth-order valence-electron chi connectivity index (χ4n) is 1.22. The molecule has 0 aromatic carbocycles. The summed E-state index contributed by atoms with van der Waals surface area (Å²) in [6.07, 6.45) is 0.598. The molecule has 1 heterocycles. The second-order valence-corrected chi connectivity index (χ2v) is 5.46. The molecule has 94 valence electrons. The molecule has 6 heteroatoms. The van der Waals surface area contributed by atoms with Gasteiger partial charge in [0.05, 0.1) is 7.11 Å². The molecule has 0 saturated heterocycles. The van der Waals surface area contributed by atoms with E-state index in [1.54, 1.807) is 23.3 Å². The zero-order valence-corrected chi connectivity index (χ0v) is 12.1. The fraction of sp³-hybridized carbons (Fsp3) is 0.455. The first-order valence-electron chi connectivity index (χ1n) is 5.06. The van der Waals surface area contributed by atoms with Gasteiger partial charge in [0.25, 0.3) is 0 Å². The molecule has 0 atom stereocenters. The molecular weight excluding hydrogens is 306 g/mol. The summed E-state index contributed by atoms with van der Waals surface area (Å²) in [6.45, 7) is 0.600. The Morgan fingerprint density at radius 1 is 1.53 bits per heavy atom. The Kier molecular flexibility index (Phi) is 5.64. The molecule has 0 radical (unpaired) electrons. The van der Waals surface area contributed by atoms with Crippen LogP contribution < -0.4 is 0 Å². The number of rotatable bonds is 5. The number of halogens is 1. The van der Waals surface area contributed by atoms with Gasteiger partial charge < -0.3 is 9.64 Å². The molecule has 0 aliphatic heterocycles. The van der Waals surface area contributed by atoms with Crippen LogP contribution in [0.4, 0.5) is 0 Å². The van der Waals surface area contributed by atoms with Crippen LogP contribution in [0.3, 0.4) is 0 Å². The van der Waals surface area contributed by atoms with Crippen molar-refractivity contribution >= 4 is 39.1 Å². The van der Waals surface area contributed by atoms with Gasteiger partial charge in [-0.05, 0) is 28.4 Å². The number of thiophene rings is 1. The van der Waals surface area contributed by atoms with Crippen LogP contribution >= 0.6 is 27.3 Å².